The van der Waals surface area contributed by atoms with Crippen molar-refractivity contribution >= 4 is 6.09 Å². The largest absolute Gasteiger partial charge is 0.450 e. The summed E-state index contributed by atoms with van der Waals surface area (Å²) >= 11 is 0. The van der Waals surface area contributed by atoms with Gasteiger partial charge in [-0.1, -0.05) is 0 Å². The predicted molar refractivity (Wildman–Crippen MR) is 58.8 cm³/mol. The van der Waals surface area contributed by atoms with Gasteiger partial charge in [-0.15, -0.1) is 0 Å². The second-order valence-corrected chi connectivity index (χ2v) is 3.37. The average Bonchev–Trinajstić information content (AvgIpc) is 2.22. The summed E-state index contributed by atoms with van der Waals surface area (Å²) < 4.78 is 4.70. The predicted octanol–water partition coefficient (Wildman–Crippen LogP) is 0.483. The molecule has 0 bridgehead atoms. The highest BCUT2D eigenvalue weighted by Crippen LogP contribution is 1.93. The van der Waals surface area contributed by atoms with Crippen LogP contribution in [-0.4, -0.2) is 43.5 Å². The van der Waals surface area contributed by atoms with Gasteiger partial charge in [0.05, 0.1) is 6.61 Å². The van der Waals surface area contributed by atoms with Gasteiger partial charge >= 0.3 is 6.09 Å². The molecular weight excluding hydrogens is 196 g/mol. The highest BCUT2D eigenvalue weighted by atomic mass is 16.5. The van der Waals surface area contributed by atoms with Crippen molar-refractivity contribution < 1.29 is 14.6 Å². The summed E-state index contributed by atoms with van der Waals surface area (Å²) in [4.78, 5) is 10.9. The molecule has 0 aliphatic rings. The van der Waals surface area contributed by atoms with Crippen molar-refractivity contribution in [2.75, 3.05) is 26.3 Å². The maximum Gasteiger partial charge on any atom is 0.407 e. The molecular formula is C10H22N2O3. The zero-order valence-corrected chi connectivity index (χ0v) is 9.58. The second-order valence-electron chi connectivity index (χ2n) is 3.37. The number of nitrogens with one attached hydrogen (secondary N) is 2. The summed E-state index contributed by atoms with van der Waals surface area (Å²) in [6.07, 6.45) is 1.37. The van der Waals surface area contributed by atoms with Gasteiger partial charge in [0.2, 0.25) is 0 Å². The SMILES string of the molecule is CCOC(=O)NCCNC(C)CCCO. The number of aliphatic hydroxyl groups is 1. The molecule has 0 heterocycles. The van der Waals surface area contributed by atoms with E-state index in [2.05, 4.69) is 17.6 Å². The molecule has 0 aliphatic heterocycles. The van der Waals surface area contributed by atoms with Gasteiger partial charge in [0.15, 0.2) is 0 Å². The first-order valence-corrected chi connectivity index (χ1v) is 5.45. The Morgan fingerprint density at radius 3 is 2.80 bits per heavy atom. The van der Waals surface area contributed by atoms with Gasteiger partial charge in [0, 0.05) is 25.7 Å². The Kier molecular flexibility index (Phi) is 9.21. The average molecular weight is 218 g/mol. The van der Waals surface area contributed by atoms with Gasteiger partial charge in [-0.3, -0.25) is 0 Å². The topological polar surface area (TPSA) is 70.6 Å². The van der Waals surface area contributed by atoms with Crippen molar-refractivity contribution in [3.8, 4) is 0 Å². The van der Waals surface area contributed by atoms with Crippen molar-refractivity contribution in [3.05, 3.63) is 0 Å². The highest BCUT2D eigenvalue weighted by molar-refractivity contribution is 5.66. The number of amides is 1. The number of carbonyl (C=O) groups excluding carboxylic acids is 1. The monoisotopic (exact) mass is 218 g/mol. The van der Waals surface area contributed by atoms with Crippen LogP contribution in [-0.2, 0) is 4.74 Å². The molecule has 1 unspecified atom stereocenters. The van der Waals surface area contributed by atoms with Crippen LogP contribution in [0, 0.1) is 0 Å². The zero-order chi connectivity index (χ0) is 11.5. The van der Waals surface area contributed by atoms with Gasteiger partial charge in [-0.05, 0) is 26.7 Å². The first-order valence-electron chi connectivity index (χ1n) is 5.45. The third-order valence-electron chi connectivity index (χ3n) is 1.96. The molecule has 0 aliphatic carbocycles. The van der Waals surface area contributed by atoms with E-state index in [4.69, 9.17) is 9.84 Å². The Balaban J connectivity index is 3.26. The van der Waals surface area contributed by atoms with E-state index in [1.807, 2.05) is 0 Å². The van der Waals surface area contributed by atoms with Gasteiger partial charge in [0.1, 0.15) is 0 Å². The van der Waals surface area contributed by atoms with Crippen molar-refractivity contribution in [1.29, 1.82) is 0 Å². The van der Waals surface area contributed by atoms with Crippen LogP contribution in [0.15, 0.2) is 0 Å². The quantitative estimate of drug-likeness (QED) is 0.518. The summed E-state index contributed by atoms with van der Waals surface area (Å²) in [5.74, 6) is 0. The molecule has 1 amide bonds. The lowest BCUT2D eigenvalue weighted by Gasteiger charge is -2.13. The van der Waals surface area contributed by atoms with Gasteiger partial charge in [-0.25, -0.2) is 4.79 Å². The molecule has 0 saturated heterocycles. The van der Waals surface area contributed by atoms with E-state index in [0.717, 1.165) is 12.8 Å². The van der Waals surface area contributed by atoms with E-state index < -0.39 is 0 Å². The van der Waals surface area contributed by atoms with Crippen molar-refractivity contribution in [2.45, 2.75) is 32.7 Å². The Bertz CT molecular complexity index is 165. The molecule has 0 aromatic heterocycles. The van der Waals surface area contributed by atoms with E-state index >= 15 is 0 Å². The molecule has 5 nitrogen and oxygen atoms in total. The summed E-state index contributed by atoms with van der Waals surface area (Å²) in [6, 6.07) is 0.362. The molecule has 3 N–H and O–H groups in total. The normalized spacial score (nSPS) is 12.2. The van der Waals surface area contributed by atoms with Crippen molar-refractivity contribution in [2.24, 2.45) is 0 Å². The smallest absolute Gasteiger partial charge is 0.407 e. The fraction of sp³-hybridized carbons (Fsp3) is 0.900. The van der Waals surface area contributed by atoms with Crippen molar-refractivity contribution in [3.63, 3.8) is 0 Å². The van der Waals surface area contributed by atoms with Crippen LogP contribution < -0.4 is 10.6 Å². The van der Waals surface area contributed by atoms with Crippen LogP contribution in [0.2, 0.25) is 0 Å². The minimum Gasteiger partial charge on any atom is -0.450 e. The van der Waals surface area contributed by atoms with Crippen LogP contribution in [0.3, 0.4) is 0 Å². The summed E-state index contributed by atoms with van der Waals surface area (Å²) in [6.45, 7) is 5.72. The molecule has 0 rings (SSSR count). The Morgan fingerprint density at radius 2 is 2.20 bits per heavy atom. The summed E-state index contributed by atoms with van der Waals surface area (Å²) in [7, 11) is 0. The first-order chi connectivity index (χ1) is 7.20. The maximum absolute atomic E-state index is 10.9. The molecule has 0 spiro atoms. The highest BCUT2D eigenvalue weighted by Gasteiger charge is 2.01. The third-order valence-corrected chi connectivity index (χ3v) is 1.96. The lowest BCUT2D eigenvalue weighted by Crippen LogP contribution is -2.36. The van der Waals surface area contributed by atoms with Gasteiger partial charge in [-0.2, -0.15) is 0 Å². The van der Waals surface area contributed by atoms with Gasteiger partial charge < -0.3 is 20.5 Å². The lowest BCUT2D eigenvalue weighted by atomic mass is 10.2. The van der Waals surface area contributed by atoms with E-state index in [0.29, 0.717) is 25.7 Å². The fourth-order valence-electron chi connectivity index (χ4n) is 1.16. The summed E-state index contributed by atoms with van der Waals surface area (Å²) in [5.41, 5.74) is 0. The molecule has 0 aromatic carbocycles. The maximum atomic E-state index is 10.9. The number of rotatable bonds is 8. The van der Waals surface area contributed by atoms with E-state index in [1.54, 1.807) is 6.92 Å². The van der Waals surface area contributed by atoms with Gasteiger partial charge in [0.25, 0.3) is 0 Å². The summed E-state index contributed by atoms with van der Waals surface area (Å²) in [5, 5.41) is 14.5. The number of alkyl carbamates (subject to hydrolysis) is 1. The Hall–Kier alpha value is -0.810. The minimum atomic E-state index is -0.373. The molecule has 5 heteroatoms. The zero-order valence-electron chi connectivity index (χ0n) is 9.58. The van der Waals surface area contributed by atoms with Crippen LogP contribution in [0.5, 0.6) is 0 Å². The van der Waals surface area contributed by atoms with Crippen LogP contribution in [0.25, 0.3) is 0 Å². The molecule has 0 fully saturated rings. The molecule has 0 saturated carbocycles. The molecule has 90 valence electrons. The van der Waals surface area contributed by atoms with E-state index in [1.165, 1.54) is 0 Å². The standard InChI is InChI=1S/C10H22N2O3/c1-3-15-10(14)12-7-6-11-9(2)5-4-8-13/h9,11,13H,3-8H2,1-2H3,(H,12,14). The number of aliphatic hydroxyl groups excluding tert-OH is 1. The number of ether oxygens (including phenoxy) is 1. The third kappa shape index (κ3) is 9.49. The van der Waals surface area contributed by atoms with Crippen LogP contribution in [0.4, 0.5) is 4.79 Å². The number of hydrogen-bond donors (Lipinski definition) is 3. The second kappa shape index (κ2) is 9.73. The Morgan fingerprint density at radius 1 is 1.47 bits per heavy atom. The first kappa shape index (κ1) is 14.2. The molecule has 1 atom stereocenters. The number of hydrogen-bond acceptors (Lipinski definition) is 4. The Labute approximate surface area is 91.2 Å². The molecule has 0 aromatic rings. The molecule has 15 heavy (non-hydrogen) atoms. The van der Waals surface area contributed by atoms with E-state index in [-0.39, 0.29) is 12.7 Å². The lowest BCUT2D eigenvalue weighted by molar-refractivity contribution is 0.152. The van der Waals surface area contributed by atoms with Crippen molar-refractivity contribution in [1.82, 2.24) is 10.6 Å². The fourth-order valence-corrected chi connectivity index (χ4v) is 1.16. The van der Waals surface area contributed by atoms with Crippen LogP contribution in [0.1, 0.15) is 26.7 Å². The minimum absolute atomic E-state index is 0.229. The number of carbonyl (C=O) groups is 1. The van der Waals surface area contributed by atoms with Crippen LogP contribution >= 0.6 is 0 Å². The molecule has 0 radical (unpaired) electrons. The van der Waals surface area contributed by atoms with E-state index in [9.17, 15) is 4.79 Å².